The second-order valence-electron chi connectivity index (χ2n) is 4.62. The van der Waals surface area contributed by atoms with Gasteiger partial charge < -0.3 is 19.8 Å². The maximum Gasteiger partial charge on any atom is 0.252 e. The van der Waals surface area contributed by atoms with Crippen LogP contribution in [0, 0.1) is 0 Å². The van der Waals surface area contributed by atoms with E-state index in [1.165, 1.54) is 0 Å². The molecule has 1 aliphatic rings. The molecule has 2 N–H and O–H groups in total. The van der Waals surface area contributed by atoms with Crippen molar-refractivity contribution in [1.29, 1.82) is 0 Å². The van der Waals surface area contributed by atoms with Crippen molar-refractivity contribution in [3.63, 3.8) is 0 Å². The van der Waals surface area contributed by atoms with Crippen molar-refractivity contribution < 1.29 is 9.47 Å². The number of ether oxygens (including phenoxy) is 2. The smallest absolute Gasteiger partial charge is 0.252 e. The zero-order chi connectivity index (χ0) is 13.9. The molecule has 0 saturated heterocycles. The minimum atomic E-state index is -0.0771. The Morgan fingerprint density at radius 3 is 2.70 bits per heavy atom. The minimum Gasteiger partial charge on any atom is -0.486 e. The molecule has 0 unspecified atom stereocenters. The molecule has 5 heteroatoms. The molecular weight excluding hydrogens is 256 g/mol. The van der Waals surface area contributed by atoms with E-state index in [1.54, 1.807) is 0 Å². The highest BCUT2D eigenvalue weighted by Crippen LogP contribution is 2.33. The molecular formula is C15H16N2O3. The quantitative estimate of drug-likeness (QED) is 0.889. The molecule has 0 aliphatic carbocycles. The van der Waals surface area contributed by atoms with Gasteiger partial charge in [0.25, 0.3) is 5.56 Å². The highest BCUT2D eigenvalue weighted by atomic mass is 16.6. The Morgan fingerprint density at radius 2 is 1.95 bits per heavy atom. The van der Waals surface area contributed by atoms with E-state index in [4.69, 9.17) is 9.47 Å². The number of hydrogen-bond acceptors (Lipinski definition) is 4. The molecule has 2 heterocycles. The predicted molar refractivity (Wildman–Crippen MR) is 76.3 cm³/mol. The largest absolute Gasteiger partial charge is 0.486 e. The van der Waals surface area contributed by atoms with Crippen molar-refractivity contribution in [2.75, 3.05) is 20.3 Å². The summed E-state index contributed by atoms with van der Waals surface area (Å²) in [4.78, 5) is 14.8. The average Bonchev–Trinajstić information content (AvgIpc) is 2.49. The van der Waals surface area contributed by atoms with Crippen LogP contribution in [0.3, 0.4) is 0 Å². The van der Waals surface area contributed by atoms with Crippen LogP contribution in [-0.2, 0) is 6.54 Å². The Labute approximate surface area is 116 Å². The molecule has 0 fully saturated rings. The highest BCUT2D eigenvalue weighted by Gasteiger charge is 2.12. The van der Waals surface area contributed by atoms with Gasteiger partial charge in [-0.3, -0.25) is 4.79 Å². The normalized spacial score (nSPS) is 13.2. The van der Waals surface area contributed by atoms with Crippen molar-refractivity contribution in [1.82, 2.24) is 10.3 Å². The molecule has 0 saturated carbocycles. The Bertz CT molecular complexity index is 679. The molecule has 1 aliphatic heterocycles. The van der Waals surface area contributed by atoms with Gasteiger partial charge in [0, 0.05) is 23.4 Å². The number of nitrogens with one attached hydrogen (secondary N) is 2. The molecule has 0 bridgehead atoms. The minimum absolute atomic E-state index is 0.0771. The number of H-pyrrole nitrogens is 1. The number of fused-ring (bicyclic) bond motifs is 1. The van der Waals surface area contributed by atoms with Crippen molar-refractivity contribution in [2.45, 2.75) is 6.54 Å². The lowest BCUT2D eigenvalue weighted by atomic mass is 10.1. The Balaban J connectivity index is 1.96. The lowest BCUT2D eigenvalue weighted by Crippen LogP contribution is -2.18. The topological polar surface area (TPSA) is 63.4 Å². The molecule has 1 aromatic carbocycles. The fourth-order valence-electron chi connectivity index (χ4n) is 2.21. The van der Waals surface area contributed by atoms with E-state index in [-0.39, 0.29) is 5.56 Å². The molecule has 104 valence electrons. The van der Waals surface area contributed by atoms with Crippen LogP contribution in [0.2, 0.25) is 0 Å². The van der Waals surface area contributed by atoms with Crippen LogP contribution < -0.4 is 20.3 Å². The Morgan fingerprint density at radius 1 is 1.15 bits per heavy atom. The van der Waals surface area contributed by atoms with E-state index in [0.717, 1.165) is 17.0 Å². The zero-order valence-electron chi connectivity index (χ0n) is 11.2. The van der Waals surface area contributed by atoms with Gasteiger partial charge in [0.1, 0.15) is 13.2 Å². The Hall–Kier alpha value is -2.27. The molecule has 0 spiro atoms. The summed E-state index contributed by atoms with van der Waals surface area (Å²) in [5.74, 6) is 1.46. The third-order valence-corrected chi connectivity index (χ3v) is 3.21. The van der Waals surface area contributed by atoms with Crippen LogP contribution in [0.15, 0.2) is 35.1 Å². The number of rotatable bonds is 3. The monoisotopic (exact) mass is 272 g/mol. The van der Waals surface area contributed by atoms with E-state index < -0.39 is 0 Å². The lowest BCUT2D eigenvalue weighted by molar-refractivity contribution is 0.171. The van der Waals surface area contributed by atoms with Gasteiger partial charge in [-0.25, -0.2) is 0 Å². The molecule has 0 atom stereocenters. The maximum atomic E-state index is 11.9. The maximum absolute atomic E-state index is 11.9. The molecule has 1 aromatic heterocycles. The van der Waals surface area contributed by atoms with E-state index in [9.17, 15) is 4.79 Å². The van der Waals surface area contributed by atoms with Gasteiger partial charge in [0.15, 0.2) is 11.5 Å². The second kappa shape index (κ2) is 5.38. The fourth-order valence-corrected chi connectivity index (χ4v) is 2.21. The summed E-state index contributed by atoms with van der Waals surface area (Å²) in [5, 5.41) is 2.97. The number of aromatic nitrogens is 1. The summed E-state index contributed by atoms with van der Waals surface area (Å²) in [6.45, 7) is 1.67. The fraction of sp³-hybridized carbons (Fsp3) is 0.267. The number of benzene rings is 1. The van der Waals surface area contributed by atoms with Crippen LogP contribution in [0.1, 0.15) is 5.56 Å². The first kappa shape index (κ1) is 12.7. The van der Waals surface area contributed by atoms with Crippen molar-refractivity contribution >= 4 is 0 Å². The van der Waals surface area contributed by atoms with Crippen LogP contribution in [0.4, 0.5) is 0 Å². The van der Waals surface area contributed by atoms with Crippen LogP contribution in [-0.4, -0.2) is 25.2 Å². The third kappa shape index (κ3) is 2.40. The van der Waals surface area contributed by atoms with E-state index in [2.05, 4.69) is 10.3 Å². The summed E-state index contributed by atoms with van der Waals surface area (Å²) < 4.78 is 11.0. The van der Waals surface area contributed by atoms with Gasteiger partial charge in [-0.15, -0.1) is 0 Å². The first-order valence-electron chi connectivity index (χ1n) is 6.55. The summed E-state index contributed by atoms with van der Waals surface area (Å²) >= 11 is 0. The SMILES string of the molecule is CNCc1ccc(-c2ccc3c(c2)OCCO3)[nH]c1=O. The van der Waals surface area contributed by atoms with Gasteiger partial charge in [0.2, 0.25) is 0 Å². The highest BCUT2D eigenvalue weighted by molar-refractivity contribution is 5.64. The first-order valence-corrected chi connectivity index (χ1v) is 6.55. The molecule has 0 amide bonds. The van der Waals surface area contributed by atoms with Gasteiger partial charge in [-0.1, -0.05) is 6.07 Å². The van der Waals surface area contributed by atoms with Crippen LogP contribution in [0.5, 0.6) is 11.5 Å². The van der Waals surface area contributed by atoms with E-state index in [0.29, 0.717) is 31.1 Å². The van der Waals surface area contributed by atoms with Gasteiger partial charge in [-0.05, 0) is 31.3 Å². The third-order valence-electron chi connectivity index (χ3n) is 3.21. The van der Waals surface area contributed by atoms with Crippen LogP contribution in [0.25, 0.3) is 11.3 Å². The lowest BCUT2D eigenvalue weighted by Gasteiger charge is -2.18. The number of pyridine rings is 1. The van der Waals surface area contributed by atoms with Crippen molar-refractivity contribution in [3.8, 4) is 22.8 Å². The molecule has 20 heavy (non-hydrogen) atoms. The van der Waals surface area contributed by atoms with Gasteiger partial charge in [-0.2, -0.15) is 0 Å². The van der Waals surface area contributed by atoms with Gasteiger partial charge in [0.05, 0.1) is 0 Å². The van der Waals surface area contributed by atoms with E-state index >= 15 is 0 Å². The molecule has 5 nitrogen and oxygen atoms in total. The number of hydrogen-bond donors (Lipinski definition) is 2. The molecule has 0 radical (unpaired) electrons. The summed E-state index contributed by atoms with van der Waals surface area (Å²) in [6.07, 6.45) is 0. The second-order valence-corrected chi connectivity index (χ2v) is 4.62. The average molecular weight is 272 g/mol. The number of aromatic amines is 1. The molecule has 2 aromatic rings. The van der Waals surface area contributed by atoms with E-state index in [1.807, 2.05) is 37.4 Å². The zero-order valence-corrected chi connectivity index (χ0v) is 11.2. The van der Waals surface area contributed by atoms with Crippen LogP contribution >= 0.6 is 0 Å². The molecule has 3 rings (SSSR count). The summed E-state index contributed by atoms with van der Waals surface area (Å²) in [5.41, 5.74) is 2.31. The first-order chi connectivity index (χ1) is 9.78. The van der Waals surface area contributed by atoms with Crippen molar-refractivity contribution in [2.24, 2.45) is 0 Å². The summed E-state index contributed by atoms with van der Waals surface area (Å²) in [6, 6.07) is 9.40. The van der Waals surface area contributed by atoms with Gasteiger partial charge >= 0.3 is 0 Å². The van der Waals surface area contributed by atoms with Crippen molar-refractivity contribution in [3.05, 3.63) is 46.2 Å². The Kier molecular flexibility index (Phi) is 3.43. The summed E-state index contributed by atoms with van der Waals surface area (Å²) in [7, 11) is 1.81. The standard InChI is InChI=1S/C15H16N2O3/c1-16-9-11-2-4-12(17-15(11)18)10-3-5-13-14(8-10)20-7-6-19-13/h2-5,8,16H,6-7,9H2,1H3,(H,17,18). The predicted octanol–water partition coefficient (Wildman–Crippen LogP) is 1.53.